The molecule has 9 nitrogen and oxygen atoms in total. The Morgan fingerprint density at radius 3 is 2.58 bits per heavy atom. The van der Waals surface area contributed by atoms with Gasteiger partial charge in [-0.05, 0) is 41.8 Å². The summed E-state index contributed by atoms with van der Waals surface area (Å²) in [4.78, 5) is 18.8. The van der Waals surface area contributed by atoms with Gasteiger partial charge in [-0.3, -0.25) is 4.79 Å². The van der Waals surface area contributed by atoms with Gasteiger partial charge in [-0.15, -0.1) is 5.10 Å². The van der Waals surface area contributed by atoms with Crippen LogP contribution in [0.5, 0.6) is 0 Å². The van der Waals surface area contributed by atoms with Crippen LogP contribution in [0.3, 0.4) is 0 Å². The molecule has 1 aliphatic heterocycles. The predicted octanol–water partition coefficient (Wildman–Crippen LogP) is 3.52. The molecule has 0 atom stereocenters. The molecule has 0 saturated carbocycles. The average molecular weight is 447 g/mol. The summed E-state index contributed by atoms with van der Waals surface area (Å²) in [6.07, 6.45) is 0.379. The maximum atomic E-state index is 12.4. The summed E-state index contributed by atoms with van der Waals surface area (Å²) in [5.41, 5.74) is 4.53. The summed E-state index contributed by atoms with van der Waals surface area (Å²) in [5, 5.41) is 12.6. The highest BCUT2D eigenvalue weighted by atomic mass is 16.5. The number of fused-ring (bicyclic) bond motifs is 1. The molecule has 0 spiro atoms. The van der Waals surface area contributed by atoms with E-state index < -0.39 is 0 Å². The van der Waals surface area contributed by atoms with Crippen LogP contribution in [0.2, 0.25) is 0 Å². The molecule has 4 aromatic rings. The van der Waals surface area contributed by atoms with E-state index in [-0.39, 0.29) is 5.91 Å². The molecule has 1 amide bonds. The van der Waals surface area contributed by atoms with Crippen molar-refractivity contribution in [2.45, 2.75) is 32.7 Å². The SMILES string of the molecule is CC(C)c1ccc(-c2nc(-c3ccc4c(c3)nnn4CCC(=O)N3CCOCC3)no2)cc1. The summed E-state index contributed by atoms with van der Waals surface area (Å²) in [6.45, 7) is 7.29. The molecule has 0 aliphatic carbocycles. The normalized spacial score (nSPS) is 14.3. The van der Waals surface area contributed by atoms with E-state index in [0.29, 0.717) is 56.9 Å². The molecule has 0 bridgehead atoms. The molecule has 33 heavy (non-hydrogen) atoms. The minimum absolute atomic E-state index is 0.110. The van der Waals surface area contributed by atoms with Crippen LogP contribution in [-0.4, -0.2) is 62.2 Å². The molecule has 170 valence electrons. The van der Waals surface area contributed by atoms with Crippen LogP contribution in [0.1, 0.15) is 31.7 Å². The van der Waals surface area contributed by atoms with E-state index in [1.807, 2.05) is 35.2 Å². The van der Waals surface area contributed by atoms with Gasteiger partial charge in [-0.2, -0.15) is 4.98 Å². The number of amides is 1. The van der Waals surface area contributed by atoms with E-state index in [1.54, 1.807) is 4.68 Å². The Labute approximate surface area is 191 Å². The smallest absolute Gasteiger partial charge is 0.258 e. The highest BCUT2D eigenvalue weighted by Crippen LogP contribution is 2.26. The molecule has 1 fully saturated rings. The van der Waals surface area contributed by atoms with Gasteiger partial charge in [0.2, 0.25) is 11.7 Å². The van der Waals surface area contributed by atoms with Crippen LogP contribution in [0.25, 0.3) is 33.9 Å². The van der Waals surface area contributed by atoms with E-state index in [0.717, 1.165) is 22.2 Å². The van der Waals surface area contributed by atoms with E-state index in [2.05, 4.69) is 46.4 Å². The number of aromatic nitrogens is 5. The van der Waals surface area contributed by atoms with Crippen molar-refractivity contribution in [3.05, 3.63) is 48.0 Å². The van der Waals surface area contributed by atoms with Crippen molar-refractivity contribution in [3.63, 3.8) is 0 Å². The second kappa shape index (κ2) is 9.11. The molecule has 0 N–H and O–H groups in total. The fraction of sp³-hybridized carbons (Fsp3) is 0.375. The molecule has 9 heteroatoms. The van der Waals surface area contributed by atoms with Gasteiger partial charge in [0.25, 0.3) is 5.89 Å². The zero-order valence-corrected chi connectivity index (χ0v) is 18.8. The number of rotatable bonds is 6. The van der Waals surface area contributed by atoms with Crippen LogP contribution < -0.4 is 0 Å². The van der Waals surface area contributed by atoms with E-state index in [9.17, 15) is 4.79 Å². The first-order valence-electron chi connectivity index (χ1n) is 11.2. The van der Waals surface area contributed by atoms with Crippen molar-refractivity contribution >= 4 is 16.9 Å². The Kier molecular flexibility index (Phi) is 5.87. The van der Waals surface area contributed by atoms with Crippen molar-refractivity contribution in [2.24, 2.45) is 0 Å². The number of ether oxygens (including phenoxy) is 1. The minimum atomic E-state index is 0.110. The van der Waals surface area contributed by atoms with Crippen LogP contribution in [0.4, 0.5) is 0 Å². The fourth-order valence-electron chi connectivity index (χ4n) is 3.92. The molecule has 3 heterocycles. The third kappa shape index (κ3) is 4.49. The van der Waals surface area contributed by atoms with Gasteiger partial charge < -0.3 is 14.2 Å². The summed E-state index contributed by atoms with van der Waals surface area (Å²) in [6, 6.07) is 13.9. The number of morpholine rings is 1. The number of benzene rings is 2. The molecular formula is C24H26N6O3. The lowest BCUT2D eigenvalue weighted by Gasteiger charge is -2.26. The summed E-state index contributed by atoms with van der Waals surface area (Å²) in [7, 11) is 0. The molecule has 2 aromatic carbocycles. The van der Waals surface area contributed by atoms with Crippen LogP contribution in [-0.2, 0) is 16.1 Å². The van der Waals surface area contributed by atoms with Crippen molar-refractivity contribution in [2.75, 3.05) is 26.3 Å². The quantitative estimate of drug-likeness (QED) is 0.447. The number of carbonyl (C=O) groups excluding carboxylic acids is 1. The monoisotopic (exact) mass is 446 g/mol. The first kappa shape index (κ1) is 21.3. The van der Waals surface area contributed by atoms with Crippen LogP contribution in [0, 0.1) is 0 Å². The number of hydrogen-bond donors (Lipinski definition) is 0. The van der Waals surface area contributed by atoms with Crippen LogP contribution in [0.15, 0.2) is 47.0 Å². The zero-order valence-electron chi connectivity index (χ0n) is 18.8. The van der Waals surface area contributed by atoms with Crippen molar-refractivity contribution in [1.82, 2.24) is 30.0 Å². The lowest BCUT2D eigenvalue weighted by molar-refractivity contribution is -0.135. The average Bonchev–Trinajstić information content (AvgIpc) is 3.50. The highest BCUT2D eigenvalue weighted by Gasteiger charge is 2.18. The fourth-order valence-corrected chi connectivity index (χ4v) is 3.92. The highest BCUT2D eigenvalue weighted by molar-refractivity contribution is 5.80. The zero-order chi connectivity index (χ0) is 22.8. The number of carbonyl (C=O) groups is 1. The Morgan fingerprint density at radius 1 is 1.06 bits per heavy atom. The maximum Gasteiger partial charge on any atom is 0.258 e. The lowest BCUT2D eigenvalue weighted by atomic mass is 10.0. The van der Waals surface area contributed by atoms with E-state index >= 15 is 0 Å². The van der Waals surface area contributed by atoms with Gasteiger partial charge in [0, 0.05) is 30.6 Å². The van der Waals surface area contributed by atoms with Gasteiger partial charge in [-0.25, -0.2) is 4.68 Å². The third-order valence-electron chi connectivity index (χ3n) is 5.92. The van der Waals surface area contributed by atoms with E-state index in [4.69, 9.17) is 9.26 Å². The largest absolute Gasteiger partial charge is 0.378 e. The van der Waals surface area contributed by atoms with E-state index in [1.165, 1.54) is 5.56 Å². The standard InChI is InChI=1S/C24H26N6O3/c1-16(2)17-3-5-18(6-4-17)24-25-23(27-33-24)19-7-8-21-20(15-19)26-28-30(21)10-9-22(31)29-11-13-32-14-12-29/h3-8,15-16H,9-14H2,1-2H3. The summed E-state index contributed by atoms with van der Waals surface area (Å²) < 4.78 is 12.6. The first-order chi connectivity index (χ1) is 16.1. The second-order valence-electron chi connectivity index (χ2n) is 8.46. The molecule has 2 aromatic heterocycles. The number of nitrogens with zero attached hydrogens (tertiary/aromatic N) is 6. The van der Waals surface area contributed by atoms with Gasteiger partial charge in [-0.1, -0.05) is 36.4 Å². The summed E-state index contributed by atoms with van der Waals surface area (Å²) in [5.74, 6) is 1.55. The van der Waals surface area contributed by atoms with Crippen molar-refractivity contribution in [1.29, 1.82) is 0 Å². The Hall–Kier alpha value is -3.59. The van der Waals surface area contributed by atoms with Crippen molar-refractivity contribution < 1.29 is 14.1 Å². The molecular weight excluding hydrogens is 420 g/mol. The molecule has 0 radical (unpaired) electrons. The van der Waals surface area contributed by atoms with Crippen LogP contribution >= 0.6 is 0 Å². The summed E-state index contributed by atoms with van der Waals surface area (Å²) >= 11 is 0. The van der Waals surface area contributed by atoms with Gasteiger partial charge in [0.05, 0.1) is 25.3 Å². The molecule has 0 unspecified atom stereocenters. The Morgan fingerprint density at radius 2 is 1.82 bits per heavy atom. The molecule has 1 saturated heterocycles. The molecule has 5 rings (SSSR count). The maximum absolute atomic E-state index is 12.4. The lowest BCUT2D eigenvalue weighted by Crippen LogP contribution is -2.41. The first-order valence-corrected chi connectivity index (χ1v) is 11.2. The minimum Gasteiger partial charge on any atom is -0.378 e. The topological polar surface area (TPSA) is 99.2 Å². The van der Waals surface area contributed by atoms with Gasteiger partial charge >= 0.3 is 0 Å². The Bertz CT molecular complexity index is 1250. The third-order valence-corrected chi connectivity index (χ3v) is 5.92. The Balaban J connectivity index is 1.30. The number of aryl methyl sites for hydroxylation is 1. The van der Waals surface area contributed by atoms with Gasteiger partial charge in [0.1, 0.15) is 5.52 Å². The number of hydrogen-bond acceptors (Lipinski definition) is 7. The molecule has 1 aliphatic rings. The van der Waals surface area contributed by atoms with Crippen molar-refractivity contribution in [3.8, 4) is 22.8 Å². The second-order valence-corrected chi connectivity index (χ2v) is 8.46. The van der Waals surface area contributed by atoms with Gasteiger partial charge in [0.15, 0.2) is 0 Å². The predicted molar refractivity (Wildman–Crippen MR) is 122 cm³/mol.